The molecule has 18 heavy (non-hydrogen) atoms. The molecule has 0 spiro atoms. The fraction of sp³-hybridized carbons (Fsp3) is 0.462. The predicted octanol–water partition coefficient (Wildman–Crippen LogP) is 1.28. The van der Waals surface area contributed by atoms with Gasteiger partial charge in [0.25, 0.3) is 0 Å². The van der Waals surface area contributed by atoms with Crippen molar-refractivity contribution in [2.45, 2.75) is 32.8 Å². The maximum absolute atomic E-state index is 10.6. The van der Waals surface area contributed by atoms with Crippen LogP contribution in [-0.4, -0.2) is 25.3 Å². The predicted molar refractivity (Wildman–Crippen MR) is 68.0 cm³/mol. The van der Waals surface area contributed by atoms with Gasteiger partial charge in [-0.3, -0.25) is 0 Å². The van der Waals surface area contributed by atoms with Crippen molar-refractivity contribution in [3.8, 4) is 0 Å². The average Bonchev–Trinajstić information content (AvgIpc) is 2.61. The minimum atomic E-state index is -0.986. The molecule has 2 aromatic rings. The first-order valence-electron chi connectivity index (χ1n) is 5.91. The molecule has 1 N–H and O–H groups in total. The monoisotopic (exact) mass is 246 g/mol. The van der Waals surface area contributed by atoms with Crippen LogP contribution < -0.4 is 0 Å². The zero-order chi connectivity index (χ0) is 13.3. The molecule has 0 aliphatic rings. The molecule has 0 radical (unpaired) electrons. The smallest absolute Gasteiger partial charge is 0.178 e. The van der Waals surface area contributed by atoms with Crippen molar-refractivity contribution < 1.29 is 5.11 Å². The summed E-state index contributed by atoms with van der Waals surface area (Å²) in [5.74, 6) is 0.543. The minimum absolute atomic E-state index is 0.351. The first-order valence-corrected chi connectivity index (χ1v) is 5.91. The van der Waals surface area contributed by atoms with E-state index in [0.29, 0.717) is 12.2 Å². The molecule has 5 heteroatoms. The van der Waals surface area contributed by atoms with E-state index in [1.165, 1.54) is 4.80 Å². The Morgan fingerprint density at radius 3 is 2.33 bits per heavy atom. The SMILES string of the molecule is Cc1cc(C)cc(C(C)(O)Cc2nnn(C)n2)c1. The van der Waals surface area contributed by atoms with Gasteiger partial charge in [0.15, 0.2) is 5.82 Å². The Bertz CT molecular complexity index is 540. The normalized spacial score (nSPS) is 14.5. The first-order chi connectivity index (χ1) is 8.37. The topological polar surface area (TPSA) is 63.8 Å². The standard InChI is InChI=1S/C13H18N4O/c1-9-5-10(2)7-11(6-9)13(3,18)8-12-14-16-17(4)15-12/h5-7,18H,8H2,1-4H3. The summed E-state index contributed by atoms with van der Waals surface area (Å²) < 4.78 is 0. The molecule has 1 unspecified atom stereocenters. The number of aliphatic hydroxyl groups is 1. The van der Waals surface area contributed by atoms with Crippen LogP contribution in [0.25, 0.3) is 0 Å². The maximum atomic E-state index is 10.6. The summed E-state index contributed by atoms with van der Waals surface area (Å²) in [5.41, 5.74) is 2.17. The van der Waals surface area contributed by atoms with Crippen LogP contribution in [0, 0.1) is 13.8 Å². The number of rotatable bonds is 3. The summed E-state index contributed by atoms with van der Waals surface area (Å²) in [6, 6.07) is 6.06. The number of aryl methyl sites for hydroxylation is 3. The lowest BCUT2D eigenvalue weighted by molar-refractivity contribution is 0.0553. The molecule has 96 valence electrons. The Kier molecular flexibility index (Phi) is 3.17. The van der Waals surface area contributed by atoms with Gasteiger partial charge in [0.1, 0.15) is 0 Å². The summed E-state index contributed by atoms with van der Waals surface area (Å²) in [6.07, 6.45) is 0.351. The molecule has 5 nitrogen and oxygen atoms in total. The second kappa shape index (κ2) is 4.49. The summed E-state index contributed by atoms with van der Waals surface area (Å²) in [4.78, 5) is 1.40. The highest BCUT2D eigenvalue weighted by Crippen LogP contribution is 2.25. The molecule has 0 fully saturated rings. The molecule has 0 aliphatic heterocycles. The van der Waals surface area contributed by atoms with E-state index in [0.717, 1.165) is 16.7 Å². The summed E-state index contributed by atoms with van der Waals surface area (Å²) in [7, 11) is 1.71. The number of tetrazole rings is 1. The zero-order valence-corrected chi connectivity index (χ0v) is 11.2. The van der Waals surface area contributed by atoms with E-state index in [9.17, 15) is 5.11 Å². The molecule has 1 aromatic carbocycles. The number of aromatic nitrogens is 4. The molecule has 0 saturated heterocycles. The first kappa shape index (κ1) is 12.7. The van der Waals surface area contributed by atoms with Crippen LogP contribution >= 0.6 is 0 Å². The van der Waals surface area contributed by atoms with Gasteiger partial charge in [0.05, 0.1) is 12.6 Å². The van der Waals surface area contributed by atoms with E-state index >= 15 is 0 Å². The van der Waals surface area contributed by atoms with Crippen LogP contribution in [0.2, 0.25) is 0 Å². The molecule has 1 atom stereocenters. The summed E-state index contributed by atoms with van der Waals surface area (Å²) in [5, 5.41) is 22.4. The number of hydrogen-bond donors (Lipinski definition) is 1. The Morgan fingerprint density at radius 2 is 1.83 bits per heavy atom. The van der Waals surface area contributed by atoms with E-state index in [1.54, 1.807) is 14.0 Å². The molecule has 0 amide bonds. The summed E-state index contributed by atoms with van der Waals surface area (Å²) in [6.45, 7) is 5.82. The Morgan fingerprint density at radius 1 is 1.22 bits per heavy atom. The minimum Gasteiger partial charge on any atom is -0.385 e. The van der Waals surface area contributed by atoms with Crippen molar-refractivity contribution in [1.29, 1.82) is 0 Å². The van der Waals surface area contributed by atoms with Crippen LogP contribution in [0.5, 0.6) is 0 Å². The lowest BCUT2D eigenvalue weighted by Gasteiger charge is -2.23. The van der Waals surface area contributed by atoms with Crippen molar-refractivity contribution in [1.82, 2.24) is 20.2 Å². The van der Waals surface area contributed by atoms with Gasteiger partial charge in [-0.2, -0.15) is 4.80 Å². The van der Waals surface area contributed by atoms with Crippen molar-refractivity contribution in [3.05, 3.63) is 40.7 Å². The van der Waals surface area contributed by atoms with Crippen molar-refractivity contribution in [3.63, 3.8) is 0 Å². The van der Waals surface area contributed by atoms with E-state index in [2.05, 4.69) is 21.5 Å². The highest BCUT2D eigenvalue weighted by atomic mass is 16.3. The van der Waals surface area contributed by atoms with Crippen LogP contribution in [0.15, 0.2) is 18.2 Å². The molecule has 0 saturated carbocycles. The quantitative estimate of drug-likeness (QED) is 0.886. The number of benzene rings is 1. The maximum Gasteiger partial charge on any atom is 0.178 e. The van der Waals surface area contributed by atoms with Gasteiger partial charge in [0, 0.05) is 6.42 Å². The fourth-order valence-corrected chi connectivity index (χ4v) is 2.09. The molecule has 0 bridgehead atoms. The fourth-order valence-electron chi connectivity index (χ4n) is 2.09. The van der Waals surface area contributed by atoms with Gasteiger partial charge in [-0.25, -0.2) is 0 Å². The van der Waals surface area contributed by atoms with Crippen LogP contribution in [-0.2, 0) is 19.1 Å². The van der Waals surface area contributed by atoms with Crippen LogP contribution in [0.3, 0.4) is 0 Å². The average molecular weight is 246 g/mol. The van der Waals surface area contributed by atoms with Crippen molar-refractivity contribution >= 4 is 0 Å². The van der Waals surface area contributed by atoms with Gasteiger partial charge < -0.3 is 5.11 Å². The molecular weight excluding hydrogens is 228 g/mol. The number of nitrogens with zero attached hydrogens (tertiary/aromatic N) is 4. The second-order valence-electron chi connectivity index (χ2n) is 5.02. The molecule has 0 aliphatic carbocycles. The largest absolute Gasteiger partial charge is 0.385 e. The third-order valence-electron chi connectivity index (χ3n) is 2.90. The Labute approximate surface area is 106 Å². The molecule has 1 aromatic heterocycles. The highest BCUT2D eigenvalue weighted by Gasteiger charge is 2.26. The van der Waals surface area contributed by atoms with E-state index in [4.69, 9.17) is 0 Å². The Hall–Kier alpha value is -1.75. The second-order valence-corrected chi connectivity index (χ2v) is 5.02. The van der Waals surface area contributed by atoms with Crippen LogP contribution in [0.4, 0.5) is 0 Å². The molecular formula is C13H18N4O. The van der Waals surface area contributed by atoms with Gasteiger partial charge >= 0.3 is 0 Å². The Balaban J connectivity index is 2.29. The number of hydrogen-bond acceptors (Lipinski definition) is 4. The van der Waals surface area contributed by atoms with Crippen molar-refractivity contribution in [2.75, 3.05) is 0 Å². The van der Waals surface area contributed by atoms with Gasteiger partial charge in [-0.1, -0.05) is 29.3 Å². The van der Waals surface area contributed by atoms with E-state index < -0.39 is 5.60 Å². The summed E-state index contributed by atoms with van der Waals surface area (Å²) >= 11 is 0. The molecule has 1 heterocycles. The van der Waals surface area contributed by atoms with Crippen LogP contribution in [0.1, 0.15) is 29.4 Å². The van der Waals surface area contributed by atoms with Crippen molar-refractivity contribution in [2.24, 2.45) is 7.05 Å². The zero-order valence-electron chi connectivity index (χ0n) is 11.2. The third-order valence-corrected chi connectivity index (χ3v) is 2.90. The highest BCUT2D eigenvalue weighted by molar-refractivity contribution is 5.32. The van der Waals surface area contributed by atoms with Gasteiger partial charge in [0.2, 0.25) is 0 Å². The third kappa shape index (κ3) is 2.73. The van der Waals surface area contributed by atoms with Gasteiger partial charge in [-0.05, 0) is 31.5 Å². The lowest BCUT2D eigenvalue weighted by atomic mass is 9.90. The van der Waals surface area contributed by atoms with Gasteiger partial charge in [-0.15, -0.1) is 10.2 Å². The van der Waals surface area contributed by atoms with E-state index in [-0.39, 0.29) is 0 Å². The lowest BCUT2D eigenvalue weighted by Crippen LogP contribution is -2.25. The van der Waals surface area contributed by atoms with E-state index in [1.807, 2.05) is 26.0 Å². The molecule has 2 rings (SSSR count).